The Morgan fingerprint density at radius 3 is 2.33 bits per heavy atom. The zero-order valence-electron chi connectivity index (χ0n) is 7.96. The third-order valence-electron chi connectivity index (χ3n) is 2.24. The molecule has 0 radical (unpaired) electrons. The van der Waals surface area contributed by atoms with E-state index in [2.05, 4.69) is 0 Å². The smallest absolute Gasteiger partial charge is 0.403 e. The van der Waals surface area contributed by atoms with E-state index in [-0.39, 0.29) is 0 Å². The van der Waals surface area contributed by atoms with Crippen molar-refractivity contribution in [3.63, 3.8) is 0 Å². The lowest BCUT2D eigenvalue weighted by molar-refractivity contribution is -0.196. The molecule has 1 heterocycles. The van der Waals surface area contributed by atoms with Crippen molar-refractivity contribution in [2.75, 3.05) is 31.1 Å². The Balaban J connectivity index is 2.54. The van der Waals surface area contributed by atoms with Crippen LogP contribution in [-0.2, 0) is 4.79 Å². The normalized spacial score (nSPS) is 21.3. The highest BCUT2D eigenvalue weighted by Crippen LogP contribution is 2.27. The van der Waals surface area contributed by atoms with Crippen LogP contribution in [0.2, 0.25) is 0 Å². The van der Waals surface area contributed by atoms with Crippen molar-refractivity contribution in [3.05, 3.63) is 0 Å². The molecule has 1 N–H and O–H groups in total. The van der Waals surface area contributed by atoms with Gasteiger partial charge in [-0.2, -0.15) is 24.9 Å². The second kappa shape index (κ2) is 5.07. The zero-order valence-corrected chi connectivity index (χ0v) is 8.77. The number of hydrogen-bond acceptors (Lipinski definition) is 3. The number of aliphatic carboxylic acids is 1. The number of nitrogens with zero attached hydrogens (tertiary/aromatic N) is 1. The van der Waals surface area contributed by atoms with Crippen molar-refractivity contribution >= 4 is 17.7 Å². The molecule has 0 aromatic carbocycles. The first kappa shape index (κ1) is 12.6. The maximum Gasteiger partial charge on any atom is 0.403 e. The summed E-state index contributed by atoms with van der Waals surface area (Å²) in [5.74, 6) is -2.52. The number of rotatable bonds is 3. The van der Waals surface area contributed by atoms with Crippen LogP contribution in [0.15, 0.2) is 0 Å². The van der Waals surface area contributed by atoms with Crippen LogP contribution in [0.1, 0.15) is 0 Å². The summed E-state index contributed by atoms with van der Waals surface area (Å²) in [6.45, 7) is 0.633. The molecule has 15 heavy (non-hydrogen) atoms. The van der Waals surface area contributed by atoms with Gasteiger partial charge in [0, 0.05) is 31.1 Å². The van der Waals surface area contributed by atoms with Gasteiger partial charge in [0.1, 0.15) is 0 Å². The first-order valence-electron chi connectivity index (χ1n) is 4.51. The molecule has 0 aliphatic carbocycles. The molecule has 1 aliphatic rings. The maximum absolute atomic E-state index is 12.3. The molecule has 1 aliphatic heterocycles. The van der Waals surface area contributed by atoms with Gasteiger partial charge in [-0.1, -0.05) is 0 Å². The summed E-state index contributed by atoms with van der Waals surface area (Å²) in [7, 11) is 0. The molecule has 1 atom stereocenters. The van der Waals surface area contributed by atoms with E-state index < -0.39 is 24.6 Å². The van der Waals surface area contributed by atoms with Crippen molar-refractivity contribution < 1.29 is 23.1 Å². The van der Waals surface area contributed by atoms with Crippen molar-refractivity contribution in [2.45, 2.75) is 6.18 Å². The van der Waals surface area contributed by atoms with Crippen molar-refractivity contribution in [1.29, 1.82) is 0 Å². The largest absolute Gasteiger partial charge is 0.481 e. The van der Waals surface area contributed by atoms with Crippen LogP contribution >= 0.6 is 11.8 Å². The molecule has 1 saturated heterocycles. The van der Waals surface area contributed by atoms with E-state index in [1.54, 1.807) is 16.7 Å². The molecule has 1 unspecified atom stereocenters. The van der Waals surface area contributed by atoms with E-state index in [4.69, 9.17) is 5.11 Å². The molecular weight excluding hydrogens is 231 g/mol. The summed E-state index contributed by atoms with van der Waals surface area (Å²) in [6.07, 6.45) is -4.66. The van der Waals surface area contributed by atoms with Gasteiger partial charge in [-0.25, -0.2) is 0 Å². The second-order valence-electron chi connectivity index (χ2n) is 3.35. The van der Waals surface area contributed by atoms with Gasteiger partial charge in [-0.05, 0) is 0 Å². The minimum atomic E-state index is -4.66. The van der Waals surface area contributed by atoms with Gasteiger partial charge in [0.05, 0.1) is 0 Å². The average molecular weight is 243 g/mol. The highest BCUT2D eigenvalue weighted by Gasteiger charge is 2.45. The fourth-order valence-corrected chi connectivity index (χ4v) is 2.34. The van der Waals surface area contributed by atoms with Crippen LogP contribution in [0.25, 0.3) is 0 Å². The molecule has 3 nitrogen and oxygen atoms in total. The van der Waals surface area contributed by atoms with Crippen LogP contribution in [-0.4, -0.2) is 53.3 Å². The Morgan fingerprint density at radius 2 is 1.93 bits per heavy atom. The standard InChI is InChI=1S/C8H12F3NO2S/c9-8(10,11)6(7(13)14)5-12-1-3-15-4-2-12/h6H,1-5H2,(H,13,14). The third-order valence-corrected chi connectivity index (χ3v) is 3.18. The maximum atomic E-state index is 12.3. The van der Waals surface area contributed by atoms with Crippen molar-refractivity contribution in [2.24, 2.45) is 5.92 Å². The van der Waals surface area contributed by atoms with E-state index in [9.17, 15) is 18.0 Å². The van der Waals surface area contributed by atoms with Crippen molar-refractivity contribution in [1.82, 2.24) is 4.90 Å². The first-order valence-corrected chi connectivity index (χ1v) is 5.66. The van der Waals surface area contributed by atoms with Gasteiger partial charge >= 0.3 is 12.1 Å². The van der Waals surface area contributed by atoms with E-state index in [1.165, 1.54) is 0 Å². The summed E-state index contributed by atoms with van der Waals surface area (Å²) in [5.41, 5.74) is 0. The van der Waals surface area contributed by atoms with Gasteiger partial charge < -0.3 is 10.0 Å². The van der Waals surface area contributed by atoms with E-state index in [1.807, 2.05) is 0 Å². The number of hydrogen-bond donors (Lipinski definition) is 1. The quantitative estimate of drug-likeness (QED) is 0.811. The molecule has 7 heteroatoms. The molecule has 88 valence electrons. The molecule has 0 amide bonds. The Kier molecular flexibility index (Phi) is 4.27. The van der Waals surface area contributed by atoms with Gasteiger partial charge in [-0.3, -0.25) is 4.79 Å². The number of halogens is 3. The lowest BCUT2D eigenvalue weighted by atomic mass is 10.1. The van der Waals surface area contributed by atoms with Crippen LogP contribution < -0.4 is 0 Å². The van der Waals surface area contributed by atoms with Gasteiger partial charge in [0.2, 0.25) is 0 Å². The Labute approximate surface area is 89.6 Å². The third kappa shape index (κ3) is 3.90. The molecule has 0 spiro atoms. The van der Waals surface area contributed by atoms with Gasteiger partial charge in [-0.15, -0.1) is 0 Å². The van der Waals surface area contributed by atoms with Crippen LogP contribution in [0.3, 0.4) is 0 Å². The minimum absolute atomic E-state index is 0.431. The predicted molar refractivity (Wildman–Crippen MR) is 50.9 cm³/mol. The fraction of sp³-hybridized carbons (Fsp3) is 0.875. The topological polar surface area (TPSA) is 40.5 Å². The van der Waals surface area contributed by atoms with E-state index in [0.717, 1.165) is 11.5 Å². The zero-order chi connectivity index (χ0) is 11.5. The summed E-state index contributed by atoms with van der Waals surface area (Å²) < 4.78 is 36.9. The summed E-state index contributed by atoms with van der Waals surface area (Å²) in [5, 5.41) is 8.49. The average Bonchev–Trinajstić information content (AvgIpc) is 2.13. The number of alkyl halides is 3. The van der Waals surface area contributed by atoms with Crippen molar-refractivity contribution in [3.8, 4) is 0 Å². The van der Waals surface area contributed by atoms with Crippen LogP contribution in [0.5, 0.6) is 0 Å². The second-order valence-corrected chi connectivity index (χ2v) is 4.57. The van der Waals surface area contributed by atoms with Crippen LogP contribution in [0.4, 0.5) is 13.2 Å². The molecular formula is C8H12F3NO2S. The number of carboxylic acid groups (broad SMARTS) is 1. The number of carbonyl (C=O) groups is 1. The molecule has 1 fully saturated rings. The first-order chi connectivity index (χ1) is 6.91. The monoisotopic (exact) mass is 243 g/mol. The lowest BCUT2D eigenvalue weighted by Crippen LogP contribution is -2.44. The SMILES string of the molecule is O=C(O)C(CN1CCSCC1)C(F)(F)F. The Morgan fingerprint density at radius 1 is 1.40 bits per heavy atom. The molecule has 1 rings (SSSR count). The van der Waals surface area contributed by atoms with E-state index in [0.29, 0.717) is 13.1 Å². The molecule has 0 saturated carbocycles. The highest BCUT2D eigenvalue weighted by atomic mass is 32.2. The minimum Gasteiger partial charge on any atom is -0.481 e. The highest BCUT2D eigenvalue weighted by molar-refractivity contribution is 7.99. The predicted octanol–water partition coefficient (Wildman–Crippen LogP) is 1.30. The summed E-state index contributed by atoms with van der Waals surface area (Å²) in [6, 6.07) is 0. The molecule has 0 aromatic rings. The molecule has 0 bridgehead atoms. The van der Waals surface area contributed by atoms with Gasteiger partial charge in [0.25, 0.3) is 0 Å². The number of carboxylic acids is 1. The summed E-state index contributed by atoms with van der Waals surface area (Å²) >= 11 is 1.67. The Bertz CT molecular complexity index is 228. The number of thioether (sulfide) groups is 1. The lowest BCUT2D eigenvalue weighted by Gasteiger charge is -2.29. The summed E-state index contributed by atoms with van der Waals surface area (Å²) in [4.78, 5) is 12.0. The molecule has 0 aromatic heterocycles. The van der Waals surface area contributed by atoms with E-state index >= 15 is 0 Å². The fourth-order valence-electron chi connectivity index (χ4n) is 1.36. The Hall–Kier alpha value is -0.430. The van der Waals surface area contributed by atoms with Gasteiger partial charge in [0.15, 0.2) is 5.92 Å². The van der Waals surface area contributed by atoms with Crippen LogP contribution in [0, 0.1) is 5.92 Å².